The number of halogens is 1. The van der Waals surface area contributed by atoms with Crippen molar-refractivity contribution in [3.05, 3.63) is 59.4 Å². The fourth-order valence-corrected chi connectivity index (χ4v) is 3.16. The number of hydrogen-bond donors (Lipinski definition) is 1. The monoisotopic (exact) mass is 345 g/mol. The van der Waals surface area contributed by atoms with Crippen LogP contribution in [0.25, 0.3) is 11.0 Å². The number of aliphatic hydroxyl groups excluding tert-OH is 1. The summed E-state index contributed by atoms with van der Waals surface area (Å²) in [5.74, 6) is 1.83. The topological polar surface area (TPSA) is 38.3 Å². The van der Waals surface area contributed by atoms with Crippen molar-refractivity contribution in [3.63, 3.8) is 0 Å². The Morgan fingerprint density at radius 3 is 2.58 bits per heavy atom. The van der Waals surface area contributed by atoms with E-state index in [4.69, 9.17) is 16.3 Å². The van der Waals surface area contributed by atoms with Gasteiger partial charge in [-0.05, 0) is 43.3 Å². The van der Waals surface area contributed by atoms with Gasteiger partial charge < -0.3 is 9.84 Å². The summed E-state index contributed by atoms with van der Waals surface area (Å²) in [6, 6.07) is 15.4. The van der Waals surface area contributed by atoms with Gasteiger partial charge in [-0.15, -0.1) is 0 Å². The number of imidazole rings is 1. The van der Waals surface area contributed by atoms with Crippen LogP contribution in [0, 0.1) is 6.92 Å². The van der Waals surface area contributed by atoms with Gasteiger partial charge in [-0.2, -0.15) is 0 Å². The minimum atomic E-state index is -0.597. The number of aromatic nitrogens is 2. The van der Waals surface area contributed by atoms with Crippen LogP contribution in [0.2, 0.25) is 5.02 Å². The van der Waals surface area contributed by atoms with Crippen LogP contribution < -0.4 is 9.30 Å². The fraction of sp³-hybridized carbons (Fsp3) is 0.316. The lowest BCUT2D eigenvalue weighted by Crippen LogP contribution is -2.44. The molecule has 0 amide bonds. The number of aryl methyl sites for hydroxylation is 1. The van der Waals surface area contributed by atoms with Crippen molar-refractivity contribution < 1.29 is 14.4 Å². The van der Waals surface area contributed by atoms with Crippen LogP contribution in [0.1, 0.15) is 12.7 Å². The van der Waals surface area contributed by atoms with Gasteiger partial charge >= 0.3 is 0 Å². The van der Waals surface area contributed by atoms with E-state index in [9.17, 15) is 5.11 Å². The first-order valence-electron chi connectivity index (χ1n) is 8.14. The zero-order valence-corrected chi connectivity index (χ0v) is 14.7. The molecule has 5 heteroatoms. The van der Waals surface area contributed by atoms with E-state index < -0.39 is 6.10 Å². The minimum Gasteiger partial charge on any atom is -0.491 e. The van der Waals surface area contributed by atoms with Gasteiger partial charge in [0.05, 0.1) is 6.54 Å². The van der Waals surface area contributed by atoms with Gasteiger partial charge in [0, 0.05) is 11.9 Å². The van der Waals surface area contributed by atoms with Gasteiger partial charge in [-0.1, -0.05) is 23.7 Å². The average Bonchev–Trinajstić information content (AvgIpc) is 2.86. The number of para-hydroxylation sites is 2. The Morgan fingerprint density at radius 1 is 1.17 bits per heavy atom. The minimum absolute atomic E-state index is 0.236. The molecule has 0 aliphatic carbocycles. The first-order chi connectivity index (χ1) is 11.6. The van der Waals surface area contributed by atoms with Crippen LogP contribution >= 0.6 is 11.6 Å². The third-order valence-electron chi connectivity index (χ3n) is 4.21. The van der Waals surface area contributed by atoms with E-state index in [1.54, 1.807) is 24.3 Å². The van der Waals surface area contributed by atoms with Crippen molar-refractivity contribution in [2.75, 3.05) is 6.61 Å². The second kappa shape index (κ2) is 7.24. The molecule has 2 aromatic carbocycles. The van der Waals surface area contributed by atoms with E-state index in [2.05, 4.69) is 35.1 Å². The molecule has 24 heavy (non-hydrogen) atoms. The number of fused-ring (bicyclic) bond motifs is 1. The number of benzene rings is 2. The third-order valence-corrected chi connectivity index (χ3v) is 4.46. The van der Waals surface area contributed by atoms with E-state index in [-0.39, 0.29) is 6.61 Å². The maximum atomic E-state index is 10.4. The van der Waals surface area contributed by atoms with E-state index in [0.717, 1.165) is 17.9 Å². The molecule has 0 spiro atoms. The molecular formula is C19H22ClN2O2+. The second-order valence-electron chi connectivity index (χ2n) is 5.81. The lowest BCUT2D eigenvalue weighted by atomic mass is 10.3. The molecule has 0 aliphatic rings. The van der Waals surface area contributed by atoms with E-state index in [1.165, 1.54) is 5.52 Å². The molecule has 1 N–H and O–H groups in total. The normalized spacial score (nSPS) is 12.5. The predicted molar refractivity (Wildman–Crippen MR) is 95.5 cm³/mol. The maximum Gasteiger partial charge on any atom is 0.254 e. The summed E-state index contributed by atoms with van der Waals surface area (Å²) in [7, 11) is 0. The summed E-state index contributed by atoms with van der Waals surface area (Å²) < 4.78 is 10.1. The predicted octanol–water partition coefficient (Wildman–Crippen LogP) is 3.35. The Bertz CT molecular complexity index is 827. The Hall–Kier alpha value is -2.04. The number of rotatable bonds is 6. The molecule has 0 aliphatic heterocycles. The summed E-state index contributed by atoms with van der Waals surface area (Å²) >= 11 is 5.86. The van der Waals surface area contributed by atoms with Gasteiger partial charge in [0.1, 0.15) is 25.0 Å². The molecule has 1 heterocycles. The number of ether oxygens (including phenoxy) is 1. The molecule has 126 valence electrons. The van der Waals surface area contributed by atoms with Crippen molar-refractivity contribution in [2.24, 2.45) is 0 Å². The summed E-state index contributed by atoms with van der Waals surface area (Å²) in [6.45, 7) is 5.84. The zero-order chi connectivity index (χ0) is 17.1. The Kier molecular flexibility index (Phi) is 5.07. The quantitative estimate of drug-likeness (QED) is 0.696. The first-order valence-corrected chi connectivity index (χ1v) is 8.52. The Balaban J connectivity index is 1.74. The Morgan fingerprint density at radius 2 is 1.88 bits per heavy atom. The van der Waals surface area contributed by atoms with Crippen molar-refractivity contribution >= 4 is 22.6 Å². The standard InChI is InChI=1S/C19H22ClN2O2/c1-3-21-14(2)22(19-7-5-4-6-18(19)21)12-16(23)13-24-17-10-8-15(20)9-11-17/h4-11,16,23H,3,12-13H2,1-2H3/q+1. The van der Waals surface area contributed by atoms with Crippen LogP contribution in [-0.4, -0.2) is 22.4 Å². The number of aliphatic hydroxyl groups is 1. The van der Waals surface area contributed by atoms with Crippen LogP contribution in [0.4, 0.5) is 0 Å². The van der Waals surface area contributed by atoms with Gasteiger partial charge in [0.15, 0.2) is 11.0 Å². The summed E-state index contributed by atoms with van der Waals surface area (Å²) in [4.78, 5) is 0. The molecule has 0 saturated heterocycles. The molecular weight excluding hydrogens is 324 g/mol. The summed E-state index contributed by atoms with van der Waals surface area (Å²) in [5.41, 5.74) is 2.31. The molecule has 0 saturated carbocycles. The van der Waals surface area contributed by atoms with E-state index in [1.807, 2.05) is 12.1 Å². The lowest BCUT2D eigenvalue weighted by molar-refractivity contribution is -0.685. The average molecular weight is 346 g/mol. The Labute approximate surface area is 146 Å². The van der Waals surface area contributed by atoms with E-state index >= 15 is 0 Å². The molecule has 3 aromatic rings. The smallest absolute Gasteiger partial charge is 0.254 e. The highest BCUT2D eigenvalue weighted by Crippen LogP contribution is 2.16. The number of nitrogens with zero attached hydrogens (tertiary/aromatic N) is 2. The van der Waals surface area contributed by atoms with Crippen molar-refractivity contribution in [1.82, 2.24) is 4.57 Å². The van der Waals surface area contributed by atoms with Gasteiger partial charge in [0.2, 0.25) is 0 Å². The molecule has 1 aromatic heterocycles. The van der Waals surface area contributed by atoms with E-state index in [0.29, 0.717) is 17.3 Å². The third kappa shape index (κ3) is 3.40. The molecule has 1 unspecified atom stereocenters. The number of hydrogen-bond acceptors (Lipinski definition) is 2. The molecule has 0 fully saturated rings. The summed E-state index contributed by atoms with van der Waals surface area (Å²) in [5, 5.41) is 11.1. The molecule has 0 bridgehead atoms. The molecule has 0 radical (unpaired) electrons. The summed E-state index contributed by atoms with van der Waals surface area (Å²) in [6.07, 6.45) is -0.597. The SMILES string of the molecule is CCn1c(C)[n+](CC(O)COc2ccc(Cl)cc2)c2ccccc21. The van der Waals surface area contributed by atoms with Crippen LogP contribution in [0.5, 0.6) is 5.75 Å². The highest BCUT2D eigenvalue weighted by atomic mass is 35.5. The molecule has 1 atom stereocenters. The van der Waals surface area contributed by atoms with Crippen molar-refractivity contribution in [2.45, 2.75) is 33.0 Å². The molecule has 4 nitrogen and oxygen atoms in total. The first kappa shape index (κ1) is 16.8. The second-order valence-corrected chi connectivity index (χ2v) is 6.25. The maximum absolute atomic E-state index is 10.4. The lowest BCUT2D eigenvalue weighted by Gasteiger charge is -2.11. The zero-order valence-electron chi connectivity index (χ0n) is 13.9. The van der Waals surface area contributed by atoms with Crippen LogP contribution in [-0.2, 0) is 13.1 Å². The molecule has 3 rings (SSSR count). The van der Waals surface area contributed by atoms with Gasteiger partial charge in [0.25, 0.3) is 5.82 Å². The van der Waals surface area contributed by atoms with Crippen LogP contribution in [0.3, 0.4) is 0 Å². The highest BCUT2D eigenvalue weighted by molar-refractivity contribution is 6.30. The van der Waals surface area contributed by atoms with Crippen molar-refractivity contribution in [1.29, 1.82) is 0 Å². The van der Waals surface area contributed by atoms with Gasteiger partial charge in [-0.3, -0.25) is 0 Å². The highest BCUT2D eigenvalue weighted by Gasteiger charge is 2.22. The fourth-order valence-electron chi connectivity index (χ4n) is 3.03. The van der Waals surface area contributed by atoms with Gasteiger partial charge in [-0.25, -0.2) is 9.13 Å². The van der Waals surface area contributed by atoms with Crippen molar-refractivity contribution in [3.8, 4) is 5.75 Å². The largest absolute Gasteiger partial charge is 0.491 e. The van der Waals surface area contributed by atoms with Crippen LogP contribution in [0.15, 0.2) is 48.5 Å².